The van der Waals surface area contributed by atoms with Gasteiger partial charge in [0, 0.05) is 37.7 Å². The van der Waals surface area contributed by atoms with Crippen LogP contribution < -0.4 is 5.32 Å². The number of aryl methyl sites for hydroxylation is 1. The maximum absolute atomic E-state index is 11.5. The van der Waals surface area contributed by atoms with Crippen LogP contribution in [0.4, 0.5) is 5.00 Å². The first-order chi connectivity index (χ1) is 8.68. The van der Waals surface area contributed by atoms with E-state index in [4.69, 9.17) is 0 Å². The summed E-state index contributed by atoms with van der Waals surface area (Å²) in [5.74, 6) is 2.56. The number of carbonyl (C=O) groups excluding carboxylic acids is 1. The molecule has 1 aromatic heterocycles. The van der Waals surface area contributed by atoms with E-state index in [1.807, 2.05) is 18.7 Å². The van der Waals surface area contributed by atoms with Gasteiger partial charge in [-0.05, 0) is 25.4 Å². The molecule has 18 heavy (non-hydrogen) atoms. The van der Waals surface area contributed by atoms with Crippen molar-refractivity contribution in [2.24, 2.45) is 0 Å². The van der Waals surface area contributed by atoms with Gasteiger partial charge in [0.15, 0.2) is 5.78 Å². The van der Waals surface area contributed by atoms with Gasteiger partial charge in [-0.3, -0.25) is 9.69 Å². The van der Waals surface area contributed by atoms with Crippen molar-refractivity contribution >= 4 is 34.1 Å². The first-order valence-electron chi connectivity index (χ1n) is 6.19. The van der Waals surface area contributed by atoms with Gasteiger partial charge in [-0.1, -0.05) is 0 Å². The zero-order chi connectivity index (χ0) is 13.0. The number of nitrogens with zero attached hydrogens (tertiary/aromatic N) is 2. The van der Waals surface area contributed by atoms with E-state index in [9.17, 15) is 4.79 Å². The van der Waals surface area contributed by atoms with Crippen molar-refractivity contribution in [1.82, 2.24) is 9.27 Å². The normalized spacial score (nSPS) is 16.8. The summed E-state index contributed by atoms with van der Waals surface area (Å²) in [6.07, 6.45) is 0. The fourth-order valence-electron chi connectivity index (χ4n) is 2.06. The molecule has 1 aliphatic heterocycles. The molecular formula is C12H19N3OS2. The maximum Gasteiger partial charge on any atom is 0.164 e. The molecular weight excluding hydrogens is 266 g/mol. The Hall–Kier alpha value is -0.590. The molecule has 0 saturated carbocycles. The summed E-state index contributed by atoms with van der Waals surface area (Å²) in [6.45, 7) is 7.76. The maximum atomic E-state index is 11.5. The summed E-state index contributed by atoms with van der Waals surface area (Å²) < 4.78 is 4.24. The molecule has 1 saturated heterocycles. The minimum atomic E-state index is 0.0955. The summed E-state index contributed by atoms with van der Waals surface area (Å²) >= 11 is 3.41. The number of hydrogen-bond acceptors (Lipinski definition) is 6. The minimum Gasteiger partial charge on any atom is -0.374 e. The molecule has 0 atom stereocenters. The number of anilines is 1. The average Bonchev–Trinajstić information content (AvgIpc) is 2.72. The largest absolute Gasteiger partial charge is 0.374 e. The highest BCUT2D eigenvalue weighted by atomic mass is 32.2. The average molecular weight is 285 g/mol. The molecule has 0 radical (unpaired) electrons. The van der Waals surface area contributed by atoms with Crippen molar-refractivity contribution in [3.05, 3.63) is 11.3 Å². The van der Waals surface area contributed by atoms with Gasteiger partial charge in [-0.2, -0.15) is 16.1 Å². The number of thioether (sulfide) groups is 1. The Morgan fingerprint density at radius 2 is 2.17 bits per heavy atom. The first kappa shape index (κ1) is 13.8. The van der Waals surface area contributed by atoms with Crippen LogP contribution >= 0.6 is 23.3 Å². The lowest BCUT2D eigenvalue weighted by Gasteiger charge is -2.26. The van der Waals surface area contributed by atoms with Crippen LogP contribution in [0.2, 0.25) is 0 Å². The molecule has 0 aliphatic carbocycles. The van der Waals surface area contributed by atoms with Crippen LogP contribution in [0, 0.1) is 6.92 Å². The minimum absolute atomic E-state index is 0.0955. The predicted molar refractivity (Wildman–Crippen MR) is 79.1 cm³/mol. The zero-order valence-electron chi connectivity index (χ0n) is 10.9. The number of hydrogen-bond donors (Lipinski definition) is 1. The fraction of sp³-hybridized carbons (Fsp3) is 0.667. The summed E-state index contributed by atoms with van der Waals surface area (Å²) in [6, 6.07) is 0. The Bertz CT molecular complexity index is 413. The highest BCUT2D eigenvalue weighted by molar-refractivity contribution is 7.99. The number of Topliss-reactive ketones (excluding diaryl/α,β-unsaturated/α-hetero) is 1. The van der Waals surface area contributed by atoms with E-state index in [2.05, 4.69) is 14.6 Å². The standard InChI is InChI=1S/C12H19N3OS2/c1-9-11(10(2)16)12(18-14-9)13-3-4-15-5-7-17-8-6-15/h13H,3-8H2,1-2H3. The van der Waals surface area contributed by atoms with Gasteiger partial charge in [-0.15, -0.1) is 0 Å². The van der Waals surface area contributed by atoms with Crippen molar-refractivity contribution in [3.63, 3.8) is 0 Å². The molecule has 4 nitrogen and oxygen atoms in total. The predicted octanol–water partition coefficient (Wildman–Crippen LogP) is 2.11. The van der Waals surface area contributed by atoms with Crippen molar-refractivity contribution in [2.75, 3.05) is 43.0 Å². The number of aromatic nitrogens is 1. The van der Waals surface area contributed by atoms with Gasteiger partial charge in [0.25, 0.3) is 0 Å². The molecule has 2 rings (SSSR count). The molecule has 1 N–H and O–H groups in total. The smallest absolute Gasteiger partial charge is 0.164 e. The zero-order valence-corrected chi connectivity index (χ0v) is 12.5. The van der Waals surface area contributed by atoms with Gasteiger partial charge in [0.05, 0.1) is 11.3 Å². The molecule has 0 spiro atoms. The van der Waals surface area contributed by atoms with Crippen molar-refractivity contribution in [1.29, 1.82) is 0 Å². The van der Waals surface area contributed by atoms with Gasteiger partial charge in [0.2, 0.25) is 0 Å². The molecule has 6 heteroatoms. The fourth-order valence-corrected chi connectivity index (χ4v) is 3.90. The number of carbonyl (C=O) groups is 1. The summed E-state index contributed by atoms with van der Waals surface area (Å²) in [5, 5.41) is 4.27. The first-order valence-corrected chi connectivity index (χ1v) is 8.12. The van der Waals surface area contributed by atoms with Gasteiger partial charge >= 0.3 is 0 Å². The van der Waals surface area contributed by atoms with Crippen LogP contribution in [0.5, 0.6) is 0 Å². The van der Waals surface area contributed by atoms with E-state index < -0.39 is 0 Å². The van der Waals surface area contributed by atoms with E-state index >= 15 is 0 Å². The Labute approximate surface area is 116 Å². The van der Waals surface area contributed by atoms with Gasteiger partial charge in [-0.25, -0.2) is 0 Å². The number of rotatable bonds is 5. The van der Waals surface area contributed by atoms with Crippen LogP contribution in [-0.2, 0) is 0 Å². The van der Waals surface area contributed by atoms with Gasteiger partial charge < -0.3 is 5.32 Å². The van der Waals surface area contributed by atoms with Crippen LogP contribution in [0.15, 0.2) is 0 Å². The molecule has 0 amide bonds. The van der Waals surface area contributed by atoms with Gasteiger partial charge in [0.1, 0.15) is 5.00 Å². The lowest BCUT2D eigenvalue weighted by Crippen LogP contribution is -2.36. The molecule has 2 heterocycles. The lowest BCUT2D eigenvalue weighted by atomic mass is 10.2. The Morgan fingerprint density at radius 3 is 2.83 bits per heavy atom. The van der Waals surface area contributed by atoms with E-state index in [1.54, 1.807) is 6.92 Å². The Kier molecular flexibility index (Phi) is 5.03. The van der Waals surface area contributed by atoms with Crippen LogP contribution in [-0.4, -0.2) is 52.7 Å². The third kappa shape index (κ3) is 3.46. The van der Waals surface area contributed by atoms with Crippen LogP contribution in [0.25, 0.3) is 0 Å². The highest BCUT2D eigenvalue weighted by Crippen LogP contribution is 2.24. The van der Waals surface area contributed by atoms with Crippen LogP contribution in [0.3, 0.4) is 0 Å². The quantitative estimate of drug-likeness (QED) is 0.840. The van der Waals surface area contributed by atoms with E-state index in [0.717, 1.165) is 29.3 Å². The third-order valence-corrected chi connectivity index (χ3v) is 4.87. The van der Waals surface area contributed by atoms with Crippen molar-refractivity contribution in [3.8, 4) is 0 Å². The Balaban J connectivity index is 1.84. The molecule has 1 aromatic rings. The molecule has 100 valence electrons. The van der Waals surface area contributed by atoms with E-state index in [1.165, 1.54) is 36.1 Å². The number of nitrogens with one attached hydrogen (secondary N) is 1. The van der Waals surface area contributed by atoms with Crippen molar-refractivity contribution < 1.29 is 4.79 Å². The molecule has 0 unspecified atom stereocenters. The van der Waals surface area contributed by atoms with E-state index in [0.29, 0.717) is 0 Å². The van der Waals surface area contributed by atoms with E-state index in [-0.39, 0.29) is 5.78 Å². The summed E-state index contributed by atoms with van der Waals surface area (Å²) in [4.78, 5) is 14.0. The summed E-state index contributed by atoms with van der Waals surface area (Å²) in [7, 11) is 0. The second-order valence-electron chi connectivity index (χ2n) is 4.41. The Morgan fingerprint density at radius 1 is 1.44 bits per heavy atom. The second-order valence-corrected chi connectivity index (χ2v) is 6.41. The summed E-state index contributed by atoms with van der Waals surface area (Å²) in [5.41, 5.74) is 1.60. The molecule has 0 bridgehead atoms. The molecule has 1 aliphatic rings. The SMILES string of the molecule is CC(=O)c1c(C)nsc1NCCN1CCSCC1. The second kappa shape index (κ2) is 6.54. The molecule has 1 fully saturated rings. The van der Waals surface area contributed by atoms with Crippen LogP contribution in [0.1, 0.15) is 23.0 Å². The third-order valence-electron chi connectivity index (χ3n) is 3.03. The number of ketones is 1. The topological polar surface area (TPSA) is 45.2 Å². The van der Waals surface area contributed by atoms with Crippen molar-refractivity contribution in [2.45, 2.75) is 13.8 Å². The monoisotopic (exact) mass is 285 g/mol. The highest BCUT2D eigenvalue weighted by Gasteiger charge is 2.15. The molecule has 0 aromatic carbocycles. The lowest BCUT2D eigenvalue weighted by molar-refractivity contribution is 0.101.